The fourth-order valence-corrected chi connectivity index (χ4v) is 2.21. The maximum Gasteiger partial charge on any atom is 0.251 e. The Kier molecular flexibility index (Phi) is 4.51. The number of aromatic hydroxyl groups is 2. The van der Waals surface area contributed by atoms with Crippen LogP contribution in [0.4, 0.5) is 0 Å². The van der Waals surface area contributed by atoms with Crippen LogP contribution in [0, 0.1) is 0 Å². The topological polar surface area (TPSA) is 86.6 Å². The maximum absolute atomic E-state index is 11.7. The van der Waals surface area contributed by atoms with E-state index in [4.69, 9.17) is 0 Å². The van der Waals surface area contributed by atoms with Crippen molar-refractivity contribution in [1.29, 1.82) is 0 Å². The molecule has 0 aliphatic heterocycles. The lowest BCUT2D eigenvalue weighted by molar-refractivity contribution is 0.0943. The van der Waals surface area contributed by atoms with E-state index in [0.29, 0.717) is 5.75 Å². The molecule has 0 aromatic heterocycles. The van der Waals surface area contributed by atoms with Crippen LogP contribution in [-0.4, -0.2) is 38.4 Å². The highest BCUT2D eigenvalue weighted by molar-refractivity contribution is 7.84. The number of nitrogens with one attached hydrogen (secondary N) is 1. The zero-order valence-corrected chi connectivity index (χ0v) is 10.5. The zero-order chi connectivity index (χ0) is 13.0. The Morgan fingerprint density at radius 2 is 1.88 bits per heavy atom. The Labute approximate surface area is 102 Å². The van der Waals surface area contributed by atoms with Crippen molar-refractivity contribution in [2.24, 2.45) is 0 Å². The Hall–Kier alpha value is -1.56. The van der Waals surface area contributed by atoms with Crippen molar-refractivity contribution in [2.45, 2.75) is 13.0 Å². The first-order valence-corrected chi connectivity index (χ1v) is 6.75. The van der Waals surface area contributed by atoms with Gasteiger partial charge in [0, 0.05) is 40.5 Å². The van der Waals surface area contributed by atoms with E-state index in [-0.39, 0.29) is 23.1 Å². The molecule has 0 aliphatic rings. The van der Waals surface area contributed by atoms with Crippen LogP contribution in [0.25, 0.3) is 0 Å². The summed E-state index contributed by atoms with van der Waals surface area (Å²) in [6, 6.07) is 3.41. The van der Waals surface area contributed by atoms with Gasteiger partial charge in [-0.3, -0.25) is 9.00 Å². The molecule has 1 aromatic carbocycles. The van der Waals surface area contributed by atoms with Crippen LogP contribution in [0.5, 0.6) is 11.5 Å². The van der Waals surface area contributed by atoms with E-state index in [0.717, 1.165) is 6.07 Å². The van der Waals surface area contributed by atoms with Gasteiger partial charge in [0.25, 0.3) is 5.91 Å². The normalized spacial score (nSPS) is 14.0. The van der Waals surface area contributed by atoms with Crippen LogP contribution in [0.1, 0.15) is 17.3 Å². The minimum Gasteiger partial charge on any atom is -0.508 e. The quantitative estimate of drug-likeness (QED) is 0.737. The molecular weight excluding hydrogens is 242 g/mol. The SMILES string of the molecule is CC(CS(C)=O)NC(=O)c1cc(O)cc(O)c1. The lowest BCUT2D eigenvalue weighted by atomic mass is 10.2. The highest BCUT2D eigenvalue weighted by Gasteiger charge is 2.12. The van der Waals surface area contributed by atoms with Crippen LogP contribution in [-0.2, 0) is 10.8 Å². The highest BCUT2D eigenvalue weighted by Crippen LogP contribution is 2.20. The van der Waals surface area contributed by atoms with Crippen molar-refractivity contribution in [3.8, 4) is 11.5 Å². The molecule has 0 fully saturated rings. The number of phenolic OH excluding ortho intramolecular Hbond substituents is 2. The molecule has 17 heavy (non-hydrogen) atoms. The van der Waals surface area contributed by atoms with Crippen LogP contribution < -0.4 is 5.32 Å². The molecule has 0 radical (unpaired) electrons. The molecule has 0 bridgehead atoms. The van der Waals surface area contributed by atoms with E-state index in [9.17, 15) is 19.2 Å². The van der Waals surface area contributed by atoms with Crippen molar-refractivity contribution in [3.05, 3.63) is 23.8 Å². The summed E-state index contributed by atoms with van der Waals surface area (Å²) in [6.07, 6.45) is 1.56. The van der Waals surface area contributed by atoms with Crippen LogP contribution in [0.3, 0.4) is 0 Å². The number of benzene rings is 1. The first kappa shape index (κ1) is 13.5. The molecule has 1 aromatic rings. The summed E-state index contributed by atoms with van der Waals surface area (Å²) < 4.78 is 11.0. The fraction of sp³-hybridized carbons (Fsp3) is 0.364. The van der Waals surface area contributed by atoms with Gasteiger partial charge in [-0.25, -0.2) is 0 Å². The molecular formula is C11H15NO4S. The Bertz CT molecular complexity index is 427. The van der Waals surface area contributed by atoms with Crippen molar-refractivity contribution < 1.29 is 19.2 Å². The van der Waals surface area contributed by atoms with Gasteiger partial charge in [-0.15, -0.1) is 0 Å². The van der Waals surface area contributed by atoms with Crippen molar-refractivity contribution >= 4 is 16.7 Å². The van der Waals surface area contributed by atoms with Crippen LogP contribution in [0.2, 0.25) is 0 Å². The molecule has 0 saturated heterocycles. The number of carbonyl (C=O) groups excluding carboxylic acids is 1. The average molecular weight is 257 g/mol. The first-order chi connectivity index (χ1) is 7.88. The second-order valence-corrected chi connectivity index (χ2v) is 5.33. The monoisotopic (exact) mass is 257 g/mol. The molecule has 6 heteroatoms. The third-order valence-electron chi connectivity index (χ3n) is 2.03. The summed E-state index contributed by atoms with van der Waals surface area (Å²) in [5.41, 5.74) is 0.163. The Morgan fingerprint density at radius 3 is 2.35 bits per heavy atom. The van der Waals surface area contributed by atoms with Gasteiger partial charge in [0.1, 0.15) is 11.5 Å². The summed E-state index contributed by atoms with van der Waals surface area (Å²) in [6.45, 7) is 1.74. The molecule has 0 saturated carbocycles. The van der Waals surface area contributed by atoms with Gasteiger partial charge in [-0.1, -0.05) is 0 Å². The molecule has 0 spiro atoms. The molecule has 0 aliphatic carbocycles. The molecule has 5 nitrogen and oxygen atoms in total. The van der Waals surface area contributed by atoms with Crippen LogP contribution in [0.15, 0.2) is 18.2 Å². The molecule has 3 N–H and O–H groups in total. The summed E-state index contributed by atoms with van der Waals surface area (Å²) in [4.78, 5) is 11.7. The van der Waals surface area contributed by atoms with E-state index < -0.39 is 16.7 Å². The summed E-state index contributed by atoms with van der Waals surface area (Å²) in [7, 11) is -0.991. The lowest BCUT2D eigenvalue weighted by Crippen LogP contribution is -2.36. The third kappa shape index (κ3) is 4.44. The van der Waals surface area contributed by atoms with Gasteiger partial charge in [0.2, 0.25) is 0 Å². The molecule has 2 atom stereocenters. The largest absolute Gasteiger partial charge is 0.508 e. The number of phenols is 2. The summed E-state index contributed by atoms with van der Waals surface area (Å²) in [5, 5.41) is 21.1. The van der Waals surface area contributed by atoms with Gasteiger partial charge in [0.15, 0.2) is 0 Å². The predicted octanol–water partition coefficient (Wildman–Crippen LogP) is 0.595. The zero-order valence-electron chi connectivity index (χ0n) is 9.64. The number of carbonyl (C=O) groups is 1. The van der Waals surface area contributed by atoms with Crippen molar-refractivity contribution in [1.82, 2.24) is 5.32 Å². The molecule has 94 valence electrons. The summed E-state index contributed by atoms with van der Waals surface area (Å²) in [5.74, 6) is -0.422. The maximum atomic E-state index is 11.7. The second-order valence-electron chi connectivity index (χ2n) is 3.85. The second kappa shape index (κ2) is 5.67. The molecule has 1 amide bonds. The third-order valence-corrected chi connectivity index (χ3v) is 3.00. The van der Waals surface area contributed by atoms with Crippen molar-refractivity contribution in [3.63, 3.8) is 0 Å². The van der Waals surface area contributed by atoms with E-state index >= 15 is 0 Å². The van der Waals surface area contributed by atoms with E-state index in [2.05, 4.69) is 5.32 Å². The van der Waals surface area contributed by atoms with Gasteiger partial charge >= 0.3 is 0 Å². The number of hydrogen-bond acceptors (Lipinski definition) is 4. The van der Waals surface area contributed by atoms with Gasteiger partial charge in [-0.2, -0.15) is 0 Å². The lowest BCUT2D eigenvalue weighted by Gasteiger charge is -2.12. The van der Waals surface area contributed by atoms with Gasteiger partial charge < -0.3 is 15.5 Å². The Balaban J connectivity index is 2.72. The number of amides is 1. The van der Waals surface area contributed by atoms with Crippen LogP contribution >= 0.6 is 0 Å². The van der Waals surface area contributed by atoms with E-state index in [1.807, 2.05) is 0 Å². The molecule has 1 rings (SSSR count). The fourth-order valence-electron chi connectivity index (χ4n) is 1.43. The first-order valence-electron chi connectivity index (χ1n) is 5.02. The minimum absolute atomic E-state index is 0.163. The predicted molar refractivity (Wildman–Crippen MR) is 65.6 cm³/mol. The van der Waals surface area contributed by atoms with E-state index in [1.165, 1.54) is 12.1 Å². The standard InChI is InChI=1S/C11H15NO4S/c1-7(6-17(2)16)12-11(15)8-3-9(13)5-10(14)4-8/h3-5,7,13-14H,6H2,1-2H3,(H,12,15). The molecule has 0 heterocycles. The number of rotatable bonds is 4. The molecule has 2 unspecified atom stereocenters. The van der Waals surface area contributed by atoms with Gasteiger partial charge in [0.05, 0.1) is 0 Å². The summed E-state index contributed by atoms with van der Waals surface area (Å²) >= 11 is 0. The smallest absolute Gasteiger partial charge is 0.251 e. The van der Waals surface area contributed by atoms with Crippen molar-refractivity contribution in [2.75, 3.05) is 12.0 Å². The van der Waals surface area contributed by atoms with E-state index in [1.54, 1.807) is 13.2 Å². The van der Waals surface area contributed by atoms with Gasteiger partial charge in [-0.05, 0) is 19.1 Å². The highest BCUT2D eigenvalue weighted by atomic mass is 32.2. The number of hydrogen-bond donors (Lipinski definition) is 3. The average Bonchev–Trinajstić information content (AvgIpc) is 2.14. The minimum atomic E-state index is -0.991. The Morgan fingerprint density at radius 1 is 1.35 bits per heavy atom.